The van der Waals surface area contributed by atoms with Gasteiger partial charge in [-0.2, -0.15) is 11.8 Å². The maximum Gasteiger partial charge on any atom is 0.153 e. The van der Waals surface area contributed by atoms with E-state index in [0.29, 0.717) is 21.1 Å². The molecule has 4 heteroatoms. The molecule has 0 N–H and O–H groups in total. The second kappa shape index (κ2) is 5.32. The van der Waals surface area contributed by atoms with E-state index in [-0.39, 0.29) is 0 Å². The first-order valence-corrected chi connectivity index (χ1v) is 7.08. The summed E-state index contributed by atoms with van der Waals surface area (Å²) in [6.07, 6.45) is 0.856. The quantitative estimate of drug-likeness (QED) is 0.767. The summed E-state index contributed by atoms with van der Waals surface area (Å²) >= 11 is 8.05. The molecule has 0 amide bonds. The van der Waals surface area contributed by atoms with E-state index in [0.717, 1.165) is 25.1 Å². The summed E-state index contributed by atoms with van der Waals surface area (Å²) in [5, 5.41) is 1.70. The van der Waals surface area contributed by atoms with Crippen LogP contribution in [0.2, 0.25) is 5.02 Å². The molecule has 0 spiro atoms. The molecule has 2 nitrogen and oxygen atoms in total. The molecular weight excluding hydrogens is 254 g/mol. The van der Waals surface area contributed by atoms with E-state index >= 15 is 0 Å². The van der Waals surface area contributed by atoms with Gasteiger partial charge in [-0.1, -0.05) is 31.5 Å². The highest BCUT2D eigenvalue weighted by Gasteiger charge is 2.24. The average Bonchev–Trinajstić information content (AvgIpc) is 2.27. The average molecular weight is 270 g/mol. The van der Waals surface area contributed by atoms with Crippen molar-refractivity contribution >= 4 is 35.3 Å². The zero-order valence-corrected chi connectivity index (χ0v) is 11.6. The predicted octanol–water partition coefficient (Wildman–Crippen LogP) is 3.48. The van der Waals surface area contributed by atoms with Crippen LogP contribution in [0.4, 0.5) is 5.69 Å². The molecule has 17 heavy (non-hydrogen) atoms. The fraction of sp³-hybridized carbons (Fsp3) is 0.462. The van der Waals surface area contributed by atoms with E-state index in [2.05, 4.69) is 18.7 Å². The molecule has 0 saturated carbocycles. The Morgan fingerprint density at radius 3 is 2.59 bits per heavy atom. The minimum Gasteiger partial charge on any atom is -0.369 e. The second-order valence-corrected chi connectivity index (χ2v) is 6.74. The van der Waals surface area contributed by atoms with Gasteiger partial charge in [-0.05, 0) is 12.1 Å². The Kier molecular flexibility index (Phi) is 4.00. The van der Waals surface area contributed by atoms with Crippen molar-refractivity contribution in [3.63, 3.8) is 0 Å². The van der Waals surface area contributed by atoms with E-state index in [1.54, 1.807) is 6.07 Å². The van der Waals surface area contributed by atoms with Crippen LogP contribution in [0.5, 0.6) is 0 Å². The number of aldehydes is 1. The molecule has 0 aromatic heterocycles. The second-order valence-electron chi connectivity index (χ2n) is 4.45. The van der Waals surface area contributed by atoms with Crippen molar-refractivity contribution in [2.45, 2.75) is 24.3 Å². The molecule has 0 radical (unpaired) electrons. The third-order valence-corrected chi connectivity index (χ3v) is 4.47. The number of nitrogens with zero attached hydrogens (tertiary/aromatic N) is 1. The molecule has 1 aliphatic heterocycles. The highest BCUT2D eigenvalue weighted by atomic mass is 35.5. The number of rotatable bonds is 2. The van der Waals surface area contributed by atoms with E-state index in [4.69, 9.17) is 11.6 Å². The summed E-state index contributed by atoms with van der Waals surface area (Å²) in [5.41, 5.74) is 1.58. The fourth-order valence-corrected chi connectivity index (χ4v) is 3.83. The lowest BCUT2D eigenvalue weighted by Crippen LogP contribution is -2.40. The summed E-state index contributed by atoms with van der Waals surface area (Å²) in [7, 11) is 0. The molecule has 92 valence electrons. The van der Waals surface area contributed by atoms with Crippen LogP contribution in [0.15, 0.2) is 18.2 Å². The molecule has 1 aliphatic rings. The first-order valence-electron chi connectivity index (χ1n) is 5.76. The molecular formula is C13H16ClNOS. The Bertz CT molecular complexity index is 414. The summed E-state index contributed by atoms with van der Waals surface area (Å²) in [6.45, 7) is 6.38. The zero-order valence-electron chi connectivity index (χ0n) is 10.0. The summed E-state index contributed by atoms with van der Waals surface area (Å²) in [4.78, 5) is 13.4. The van der Waals surface area contributed by atoms with Gasteiger partial charge in [0, 0.05) is 29.3 Å². The van der Waals surface area contributed by atoms with E-state index in [9.17, 15) is 4.79 Å². The molecule has 2 unspecified atom stereocenters. The van der Waals surface area contributed by atoms with Crippen LogP contribution in [-0.2, 0) is 0 Å². The van der Waals surface area contributed by atoms with Crippen LogP contribution in [-0.4, -0.2) is 29.9 Å². The molecule has 1 heterocycles. The SMILES string of the molecule is CC1CN(c2cccc(Cl)c2C=O)CC(C)S1. The van der Waals surface area contributed by atoms with Crippen molar-refractivity contribution in [3.05, 3.63) is 28.8 Å². The first kappa shape index (κ1) is 12.8. The van der Waals surface area contributed by atoms with Gasteiger partial charge in [0.2, 0.25) is 0 Å². The van der Waals surface area contributed by atoms with Crippen LogP contribution in [0, 0.1) is 0 Å². The monoisotopic (exact) mass is 269 g/mol. The number of carbonyl (C=O) groups is 1. The Morgan fingerprint density at radius 2 is 2.00 bits per heavy atom. The van der Waals surface area contributed by atoms with Gasteiger partial charge in [0.05, 0.1) is 10.6 Å². The fourth-order valence-electron chi connectivity index (χ4n) is 2.29. The molecule has 1 saturated heterocycles. The van der Waals surface area contributed by atoms with Crippen LogP contribution in [0.25, 0.3) is 0 Å². The number of thioether (sulfide) groups is 1. The third-order valence-electron chi connectivity index (χ3n) is 2.91. The molecule has 1 aromatic carbocycles. The van der Waals surface area contributed by atoms with Gasteiger partial charge >= 0.3 is 0 Å². The molecule has 0 aliphatic carbocycles. The van der Waals surface area contributed by atoms with Crippen molar-refractivity contribution in [2.24, 2.45) is 0 Å². The number of halogens is 1. The largest absolute Gasteiger partial charge is 0.369 e. The number of anilines is 1. The van der Waals surface area contributed by atoms with Gasteiger partial charge in [-0.15, -0.1) is 0 Å². The number of hydrogen-bond acceptors (Lipinski definition) is 3. The number of hydrogen-bond donors (Lipinski definition) is 0. The minimum atomic E-state index is 0.538. The van der Waals surface area contributed by atoms with Gasteiger partial charge in [-0.3, -0.25) is 4.79 Å². The van der Waals surface area contributed by atoms with Crippen LogP contribution < -0.4 is 4.90 Å². The molecule has 2 rings (SSSR count). The lowest BCUT2D eigenvalue weighted by Gasteiger charge is -2.36. The molecule has 0 bridgehead atoms. The highest BCUT2D eigenvalue weighted by molar-refractivity contribution is 8.00. The molecule has 1 fully saturated rings. The summed E-state index contributed by atoms with van der Waals surface area (Å²) < 4.78 is 0. The van der Waals surface area contributed by atoms with E-state index in [1.165, 1.54) is 0 Å². The van der Waals surface area contributed by atoms with Gasteiger partial charge in [0.25, 0.3) is 0 Å². The maximum atomic E-state index is 11.1. The van der Waals surface area contributed by atoms with Crippen molar-refractivity contribution in [2.75, 3.05) is 18.0 Å². The van der Waals surface area contributed by atoms with E-state index < -0.39 is 0 Å². The van der Waals surface area contributed by atoms with Crippen LogP contribution in [0.3, 0.4) is 0 Å². The maximum absolute atomic E-state index is 11.1. The first-order chi connectivity index (χ1) is 8.11. The van der Waals surface area contributed by atoms with Crippen molar-refractivity contribution in [1.82, 2.24) is 0 Å². The Labute approximate surface area is 111 Å². The smallest absolute Gasteiger partial charge is 0.153 e. The van der Waals surface area contributed by atoms with Gasteiger partial charge in [0.15, 0.2) is 6.29 Å². The topological polar surface area (TPSA) is 20.3 Å². The van der Waals surface area contributed by atoms with E-state index in [1.807, 2.05) is 23.9 Å². The molecule has 1 aromatic rings. The van der Waals surface area contributed by atoms with Crippen LogP contribution in [0.1, 0.15) is 24.2 Å². The normalized spacial score (nSPS) is 24.8. The highest BCUT2D eigenvalue weighted by Crippen LogP contribution is 2.32. The zero-order chi connectivity index (χ0) is 12.4. The lowest BCUT2D eigenvalue weighted by atomic mass is 10.1. The van der Waals surface area contributed by atoms with Gasteiger partial charge < -0.3 is 4.90 Å². The van der Waals surface area contributed by atoms with Crippen molar-refractivity contribution in [3.8, 4) is 0 Å². The van der Waals surface area contributed by atoms with Crippen LogP contribution >= 0.6 is 23.4 Å². The number of benzene rings is 1. The Hall–Kier alpha value is -0.670. The van der Waals surface area contributed by atoms with Crippen molar-refractivity contribution in [1.29, 1.82) is 0 Å². The Morgan fingerprint density at radius 1 is 1.35 bits per heavy atom. The van der Waals surface area contributed by atoms with Crippen molar-refractivity contribution < 1.29 is 4.79 Å². The summed E-state index contributed by atoms with van der Waals surface area (Å²) in [5.74, 6) is 0. The lowest BCUT2D eigenvalue weighted by molar-refractivity contribution is 0.112. The summed E-state index contributed by atoms with van der Waals surface area (Å²) in [6, 6.07) is 5.65. The number of carbonyl (C=O) groups excluding carboxylic acids is 1. The standard InChI is InChI=1S/C13H16ClNOS/c1-9-6-15(7-10(2)17-9)13-5-3-4-12(14)11(13)8-16/h3-5,8-10H,6-7H2,1-2H3. The Balaban J connectivity index is 2.33. The minimum absolute atomic E-state index is 0.538. The predicted molar refractivity (Wildman–Crippen MR) is 75.6 cm³/mol. The van der Waals surface area contributed by atoms with Gasteiger partial charge in [0.1, 0.15) is 0 Å². The molecule has 2 atom stereocenters. The van der Waals surface area contributed by atoms with Gasteiger partial charge in [-0.25, -0.2) is 0 Å². The third kappa shape index (κ3) is 2.78.